The number of halogens is 1. The summed E-state index contributed by atoms with van der Waals surface area (Å²) in [4.78, 5) is 39.1. The third kappa shape index (κ3) is 6.08. The number of nitrogens with zero attached hydrogens (tertiary/aromatic N) is 1. The fourth-order valence-electron chi connectivity index (χ4n) is 4.09. The van der Waals surface area contributed by atoms with E-state index in [4.69, 9.17) is 0 Å². The highest BCUT2D eigenvalue weighted by Gasteiger charge is 2.17. The summed E-state index contributed by atoms with van der Waals surface area (Å²) in [6, 6.07) is 24.9. The number of hydrogen-bond acceptors (Lipinski definition) is 4. The molecule has 6 nitrogen and oxygen atoms in total. The maximum atomic E-state index is 13.6. The summed E-state index contributed by atoms with van der Waals surface area (Å²) < 4.78 is 14.9. The van der Waals surface area contributed by atoms with Crippen LogP contribution in [0.25, 0.3) is 11.3 Å². The minimum Gasteiger partial charge on any atom is -0.320 e. The fourth-order valence-corrected chi connectivity index (χ4v) is 4.09. The zero-order valence-electron chi connectivity index (χ0n) is 20.7. The monoisotopic (exact) mass is 497 g/mol. The van der Waals surface area contributed by atoms with E-state index >= 15 is 0 Å². The Morgan fingerprint density at radius 3 is 2.32 bits per heavy atom. The van der Waals surface area contributed by atoms with Gasteiger partial charge in [0, 0.05) is 11.1 Å². The van der Waals surface area contributed by atoms with Gasteiger partial charge in [-0.1, -0.05) is 55.5 Å². The number of benzene rings is 3. The Labute approximate surface area is 214 Å². The van der Waals surface area contributed by atoms with Gasteiger partial charge >= 0.3 is 0 Å². The maximum absolute atomic E-state index is 13.6. The second kappa shape index (κ2) is 11.6. The molecule has 2 N–H and O–H groups in total. The molecule has 0 bridgehead atoms. The average Bonchev–Trinajstić information content (AvgIpc) is 2.91. The molecule has 0 spiro atoms. The van der Waals surface area contributed by atoms with Crippen LogP contribution < -0.4 is 16.2 Å². The van der Waals surface area contributed by atoms with Gasteiger partial charge in [-0.2, -0.15) is 0 Å². The second-order valence-electron chi connectivity index (χ2n) is 8.69. The Morgan fingerprint density at radius 2 is 1.62 bits per heavy atom. The zero-order chi connectivity index (χ0) is 26.4. The van der Waals surface area contributed by atoms with E-state index in [9.17, 15) is 18.8 Å². The summed E-state index contributed by atoms with van der Waals surface area (Å²) >= 11 is 0. The van der Waals surface area contributed by atoms with Crippen LogP contribution in [0.5, 0.6) is 0 Å². The highest BCUT2D eigenvalue weighted by atomic mass is 19.1. The van der Waals surface area contributed by atoms with Gasteiger partial charge in [0.25, 0.3) is 5.56 Å². The first kappa shape index (κ1) is 25.7. The van der Waals surface area contributed by atoms with Crippen molar-refractivity contribution in [2.75, 3.05) is 11.9 Å². The molecule has 7 heteroatoms. The summed E-state index contributed by atoms with van der Waals surface area (Å²) in [5.41, 5.74) is 2.89. The summed E-state index contributed by atoms with van der Waals surface area (Å²) in [5.74, 6) is -0.953. The summed E-state index contributed by atoms with van der Waals surface area (Å²) in [5, 5.41) is 5.77. The van der Waals surface area contributed by atoms with Crippen LogP contribution in [0.15, 0.2) is 95.8 Å². The van der Waals surface area contributed by atoms with E-state index < -0.39 is 11.9 Å². The molecule has 0 saturated heterocycles. The van der Waals surface area contributed by atoms with Crippen molar-refractivity contribution in [2.45, 2.75) is 26.4 Å². The Morgan fingerprint density at radius 1 is 0.892 bits per heavy atom. The van der Waals surface area contributed by atoms with Gasteiger partial charge in [-0.15, -0.1) is 0 Å². The lowest BCUT2D eigenvalue weighted by Crippen LogP contribution is -2.39. The molecule has 0 aliphatic heterocycles. The number of carbonyl (C=O) groups is 2. The van der Waals surface area contributed by atoms with Gasteiger partial charge in [0.2, 0.25) is 5.91 Å². The minimum absolute atomic E-state index is 0.174. The molecule has 1 aromatic heterocycles. The van der Waals surface area contributed by atoms with E-state index in [0.29, 0.717) is 23.4 Å². The normalized spacial score (nSPS) is 11.6. The number of aromatic nitrogens is 1. The van der Waals surface area contributed by atoms with E-state index in [1.54, 1.807) is 41.8 Å². The lowest BCUT2D eigenvalue weighted by atomic mass is 10.0. The lowest BCUT2D eigenvalue weighted by molar-refractivity contribution is -0.117. The van der Waals surface area contributed by atoms with E-state index in [0.717, 1.165) is 11.1 Å². The van der Waals surface area contributed by atoms with Crippen LogP contribution in [0.4, 0.5) is 10.1 Å². The lowest BCUT2D eigenvalue weighted by Gasteiger charge is -2.17. The number of hydrogen-bond donors (Lipinski definition) is 2. The number of amides is 1. The van der Waals surface area contributed by atoms with Crippen LogP contribution in [0.3, 0.4) is 0 Å². The summed E-state index contributed by atoms with van der Waals surface area (Å²) in [7, 11) is 0. The third-order valence-electron chi connectivity index (χ3n) is 6.04. The molecule has 0 saturated carbocycles. The minimum atomic E-state index is -0.458. The van der Waals surface area contributed by atoms with Gasteiger partial charge in [-0.3, -0.25) is 14.4 Å². The highest BCUT2D eigenvalue weighted by Crippen LogP contribution is 2.21. The number of rotatable bonds is 9. The molecule has 1 unspecified atom stereocenters. The SMILES string of the molecule is CCNC(C)C(=O)Nc1ccc(-c2ccccc2)n(Cc2cccc(C(=O)c3ccc(F)cc3)c2)c1=O. The van der Waals surface area contributed by atoms with Crippen LogP contribution in [-0.4, -0.2) is 28.8 Å². The molecule has 1 atom stereocenters. The number of anilines is 1. The molecule has 0 aliphatic carbocycles. The Hall–Kier alpha value is -4.36. The van der Waals surface area contributed by atoms with Crippen molar-refractivity contribution in [3.8, 4) is 11.3 Å². The molecule has 1 heterocycles. The van der Waals surface area contributed by atoms with Crippen molar-refractivity contribution in [1.29, 1.82) is 0 Å². The van der Waals surface area contributed by atoms with Crippen molar-refractivity contribution < 1.29 is 14.0 Å². The van der Waals surface area contributed by atoms with Crippen LogP contribution in [0.2, 0.25) is 0 Å². The van der Waals surface area contributed by atoms with Gasteiger partial charge in [0.15, 0.2) is 5.78 Å². The predicted octanol–water partition coefficient (Wildman–Crippen LogP) is 4.87. The first-order chi connectivity index (χ1) is 17.9. The molecule has 1 amide bonds. The van der Waals surface area contributed by atoms with Crippen molar-refractivity contribution in [3.05, 3.63) is 124 Å². The molecule has 188 valence electrons. The molecule has 0 fully saturated rings. The topological polar surface area (TPSA) is 80.2 Å². The van der Waals surface area contributed by atoms with Gasteiger partial charge in [-0.25, -0.2) is 4.39 Å². The van der Waals surface area contributed by atoms with E-state index in [-0.39, 0.29) is 29.5 Å². The Balaban J connectivity index is 1.71. The van der Waals surface area contributed by atoms with Gasteiger partial charge in [-0.05, 0) is 67.1 Å². The van der Waals surface area contributed by atoms with Gasteiger partial charge < -0.3 is 15.2 Å². The number of likely N-dealkylation sites (N-methyl/N-ethyl adjacent to an activating group) is 1. The standard InChI is InChI=1S/C30H28FN3O3/c1-3-32-20(2)29(36)33-26-16-17-27(22-9-5-4-6-10-22)34(30(26)37)19-21-8-7-11-24(18-21)28(35)23-12-14-25(31)15-13-23/h4-18,20,32H,3,19H2,1-2H3,(H,33,36). The fraction of sp³-hybridized carbons (Fsp3) is 0.167. The first-order valence-corrected chi connectivity index (χ1v) is 12.1. The highest BCUT2D eigenvalue weighted by molar-refractivity contribution is 6.09. The van der Waals surface area contributed by atoms with Crippen LogP contribution in [0, 0.1) is 5.82 Å². The van der Waals surface area contributed by atoms with Crippen molar-refractivity contribution in [3.63, 3.8) is 0 Å². The molecular formula is C30H28FN3O3. The number of carbonyl (C=O) groups excluding carboxylic acids is 2. The maximum Gasteiger partial charge on any atom is 0.275 e. The van der Waals surface area contributed by atoms with Crippen molar-refractivity contribution >= 4 is 17.4 Å². The summed E-state index contributed by atoms with van der Waals surface area (Å²) in [6.07, 6.45) is 0. The van der Waals surface area contributed by atoms with E-state index in [1.807, 2.05) is 43.3 Å². The smallest absolute Gasteiger partial charge is 0.275 e. The Bertz CT molecular complexity index is 1460. The zero-order valence-corrected chi connectivity index (χ0v) is 20.7. The predicted molar refractivity (Wildman–Crippen MR) is 143 cm³/mol. The molecule has 3 aromatic carbocycles. The molecule has 0 radical (unpaired) electrons. The van der Waals surface area contributed by atoms with Gasteiger partial charge in [0.05, 0.1) is 18.3 Å². The van der Waals surface area contributed by atoms with E-state index in [1.165, 1.54) is 24.3 Å². The van der Waals surface area contributed by atoms with Crippen LogP contribution in [-0.2, 0) is 11.3 Å². The first-order valence-electron chi connectivity index (χ1n) is 12.1. The molecule has 0 aliphatic rings. The largest absolute Gasteiger partial charge is 0.320 e. The molecule has 4 rings (SSSR count). The van der Waals surface area contributed by atoms with Crippen molar-refractivity contribution in [1.82, 2.24) is 9.88 Å². The Kier molecular flexibility index (Phi) is 8.05. The molecule has 37 heavy (non-hydrogen) atoms. The number of ketones is 1. The van der Waals surface area contributed by atoms with Crippen molar-refractivity contribution in [2.24, 2.45) is 0 Å². The summed E-state index contributed by atoms with van der Waals surface area (Å²) in [6.45, 7) is 4.44. The third-order valence-corrected chi connectivity index (χ3v) is 6.04. The average molecular weight is 498 g/mol. The number of nitrogens with one attached hydrogen (secondary N) is 2. The molecular weight excluding hydrogens is 469 g/mol. The second-order valence-corrected chi connectivity index (χ2v) is 8.69. The van der Waals surface area contributed by atoms with Gasteiger partial charge in [0.1, 0.15) is 11.5 Å². The van der Waals surface area contributed by atoms with Crippen LogP contribution in [0.1, 0.15) is 35.3 Å². The quantitative estimate of drug-likeness (QED) is 0.324. The number of pyridine rings is 1. The van der Waals surface area contributed by atoms with E-state index in [2.05, 4.69) is 10.6 Å². The van der Waals surface area contributed by atoms with Crippen LogP contribution >= 0.6 is 0 Å². The molecule has 4 aromatic rings.